The van der Waals surface area contributed by atoms with Crippen LogP contribution in [0.4, 0.5) is 5.69 Å². The van der Waals surface area contributed by atoms with Crippen LogP contribution in [-0.4, -0.2) is 55.5 Å². The van der Waals surface area contributed by atoms with Gasteiger partial charge in [-0.25, -0.2) is 4.99 Å². The number of amides is 1. The first kappa shape index (κ1) is 19.8. The van der Waals surface area contributed by atoms with E-state index >= 15 is 0 Å². The number of thiophene rings is 1. The maximum atomic E-state index is 12.7. The van der Waals surface area contributed by atoms with Gasteiger partial charge in [0.2, 0.25) is 5.91 Å². The van der Waals surface area contributed by atoms with Gasteiger partial charge in [-0.3, -0.25) is 4.79 Å². The zero-order chi connectivity index (χ0) is 20.1. The van der Waals surface area contributed by atoms with E-state index < -0.39 is 0 Å². The third-order valence-electron chi connectivity index (χ3n) is 5.53. The summed E-state index contributed by atoms with van der Waals surface area (Å²) in [5, 5.41) is 8.92. The van der Waals surface area contributed by atoms with Crippen LogP contribution < -0.4 is 15.5 Å². The molecule has 3 heterocycles. The summed E-state index contributed by atoms with van der Waals surface area (Å²) in [6, 6.07) is 13.0. The van der Waals surface area contributed by atoms with Crippen LogP contribution in [0, 0.1) is 0 Å². The molecule has 4 rings (SSSR count). The Labute approximate surface area is 176 Å². The van der Waals surface area contributed by atoms with Gasteiger partial charge in [-0.15, -0.1) is 11.3 Å². The van der Waals surface area contributed by atoms with Gasteiger partial charge in [-0.1, -0.05) is 18.2 Å². The van der Waals surface area contributed by atoms with E-state index in [1.165, 1.54) is 16.1 Å². The predicted molar refractivity (Wildman–Crippen MR) is 120 cm³/mol. The minimum Gasteiger partial charge on any atom is -0.369 e. The van der Waals surface area contributed by atoms with Crippen LogP contribution in [0.1, 0.15) is 23.8 Å². The molecule has 2 N–H and O–H groups in total. The molecule has 1 aromatic heterocycles. The molecule has 0 saturated carbocycles. The summed E-state index contributed by atoms with van der Waals surface area (Å²) in [4.78, 5) is 23.0. The first-order chi connectivity index (χ1) is 14.2. The van der Waals surface area contributed by atoms with Crippen molar-refractivity contribution < 1.29 is 4.79 Å². The van der Waals surface area contributed by atoms with Crippen LogP contribution in [0.5, 0.6) is 0 Å². The van der Waals surface area contributed by atoms with E-state index in [1.54, 1.807) is 11.3 Å². The highest BCUT2D eigenvalue weighted by atomic mass is 32.1. The van der Waals surface area contributed by atoms with Gasteiger partial charge in [0.25, 0.3) is 0 Å². The number of hydrogen-bond donors (Lipinski definition) is 2. The van der Waals surface area contributed by atoms with Crippen LogP contribution >= 0.6 is 11.3 Å². The molecule has 6 nitrogen and oxygen atoms in total. The number of nitrogens with one attached hydrogen (secondary N) is 2. The predicted octanol–water partition coefficient (Wildman–Crippen LogP) is 2.47. The third-order valence-corrected chi connectivity index (χ3v) is 6.55. The standard InChI is InChI=1S/C22H29N5OS/c1-2-23-22(25-18-8-11-26(16-18)19-6-4-3-5-7-19)24-14-21(28)27-12-9-20-17(15-27)10-13-29-20/h3-7,10,13,18H,2,8-9,11-12,14-16H2,1H3,(H2,23,24,25). The monoisotopic (exact) mass is 411 g/mol. The number of carbonyl (C=O) groups is 1. The normalized spacial score (nSPS) is 19.2. The molecule has 29 heavy (non-hydrogen) atoms. The number of fused-ring (bicyclic) bond motifs is 1. The Balaban J connectivity index is 1.32. The van der Waals surface area contributed by atoms with Crippen molar-refractivity contribution in [2.45, 2.75) is 32.4 Å². The number of aliphatic imine (C=N–C) groups is 1. The SMILES string of the molecule is CCNC(=NCC(=O)N1CCc2sccc2C1)NC1CCN(c2ccccc2)C1. The van der Waals surface area contributed by atoms with Gasteiger partial charge >= 0.3 is 0 Å². The van der Waals surface area contributed by atoms with Crippen molar-refractivity contribution >= 4 is 28.9 Å². The van der Waals surface area contributed by atoms with E-state index in [0.29, 0.717) is 12.6 Å². The number of nitrogens with zero attached hydrogens (tertiary/aromatic N) is 3. The highest BCUT2D eigenvalue weighted by molar-refractivity contribution is 7.10. The quantitative estimate of drug-likeness (QED) is 0.586. The van der Waals surface area contributed by atoms with E-state index in [4.69, 9.17) is 0 Å². The fourth-order valence-corrected chi connectivity index (χ4v) is 4.86. The molecule has 1 amide bonds. The lowest BCUT2D eigenvalue weighted by Crippen LogP contribution is -2.45. The Morgan fingerprint density at radius 3 is 2.93 bits per heavy atom. The van der Waals surface area contributed by atoms with E-state index in [2.05, 4.69) is 56.2 Å². The number of anilines is 1. The summed E-state index contributed by atoms with van der Waals surface area (Å²) in [5.41, 5.74) is 2.54. The summed E-state index contributed by atoms with van der Waals surface area (Å²) in [6.07, 6.45) is 2.01. The first-order valence-electron chi connectivity index (χ1n) is 10.4. The molecule has 0 spiro atoms. The summed E-state index contributed by atoms with van der Waals surface area (Å²) in [6.45, 7) is 6.48. The summed E-state index contributed by atoms with van der Waals surface area (Å²) < 4.78 is 0. The summed E-state index contributed by atoms with van der Waals surface area (Å²) in [5.74, 6) is 0.824. The van der Waals surface area contributed by atoms with Gasteiger partial charge < -0.3 is 20.4 Å². The van der Waals surface area contributed by atoms with Gasteiger partial charge in [0.1, 0.15) is 6.54 Å². The number of hydrogen-bond acceptors (Lipinski definition) is 4. The van der Waals surface area contributed by atoms with Crippen LogP contribution in [0.3, 0.4) is 0 Å². The minimum absolute atomic E-state index is 0.0939. The number of para-hydroxylation sites is 1. The van der Waals surface area contributed by atoms with Gasteiger partial charge in [-0.05, 0) is 48.9 Å². The highest BCUT2D eigenvalue weighted by Crippen LogP contribution is 2.24. The fraction of sp³-hybridized carbons (Fsp3) is 0.455. The summed E-state index contributed by atoms with van der Waals surface area (Å²) in [7, 11) is 0. The molecule has 0 aliphatic carbocycles. The average Bonchev–Trinajstić information content (AvgIpc) is 3.41. The zero-order valence-electron chi connectivity index (χ0n) is 16.9. The van der Waals surface area contributed by atoms with E-state index in [1.807, 2.05) is 17.9 Å². The van der Waals surface area contributed by atoms with E-state index in [9.17, 15) is 4.79 Å². The fourth-order valence-electron chi connectivity index (χ4n) is 3.97. The largest absolute Gasteiger partial charge is 0.369 e. The van der Waals surface area contributed by atoms with Crippen molar-refractivity contribution in [1.82, 2.24) is 15.5 Å². The summed E-state index contributed by atoms with van der Waals surface area (Å²) >= 11 is 1.79. The Bertz CT molecular complexity index is 850. The van der Waals surface area contributed by atoms with Gasteiger partial charge in [0.05, 0.1) is 0 Å². The van der Waals surface area contributed by atoms with Crippen molar-refractivity contribution in [3.63, 3.8) is 0 Å². The number of carbonyl (C=O) groups excluding carboxylic acids is 1. The van der Waals surface area contributed by atoms with Crippen molar-refractivity contribution in [3.8, 4) is 0 Å². The molecular weight excluding hydrogens is 382 g/mol. The second-order valence-electron chi connectivity index (χ2n) is 7.54. The topological polar surface area (TPSA) is 60.0 Å². The molecule has 1 aromatic carbocycles. The molecule has 2 aromatic rings. The second-order valence-corrected chi connectivity index (χ2v) is 8.54. The van der Waals surface area contributed by atoms with Crippen LogP contribution in [0.2, 0.25) is 0 Å². The van der Waals surface area contributed by atoms with Gasteiger partial charge in [0.15, 0.2) is 5.96 Å². The maximum Gasteiger partial charge on any atom is 0.244 e. The molecular formula is C22H29N5OS. The van der Waals surface area contributed by atoms with Crippen molar-refractivity contribution in [1.29, 1.82) is 0 Å². The van der Waals surface area contributed by atoms with E-state index in [0.717, 1.165) is 45.0 Å². The number of rotatable bonds is 5. The van der Waals surface area contributed by atoms with E-state index in [-0.39, 0.29) is 12.5 Å². The average molecular weight is 412 g/mol. The van der Waals surface area contributed by atoms with Crippen LogP contribution in [0.25, 0.3) is 0 Å². The third kappa shape index (κ3) is 4.90. The van der Waals surface area contributed by atoms with Gasteiger partial charge in [0, 0.05) is 49.3 Å². The minimum atomic E-state index is 0.0939. The molecule has 2 aliphatic heterocycles. The lowest BCUT2D eigenvalue weighted by Gasteiger charge is -2.26. The molecule has 1 atom stereocenters. The lowest BCUT2D eigenvalue weighted by molar-refractivity contribution is -0.130. The van der Waals surface area contributed by atoms with Crippen molar-refractivity contribution in [2.75, 3.05) is 37.6 Å². The van der Waals surface area contributed by atoms with Crippen molar-refractivity contribution in [2.24, 2.45) is 4.99 Å². The first-order valence-corrected chi connectivity index (χ1v) is 11.3. The smallest absolute Gasteiger partial charge is 0.244 e. The van der Waals surface area contributed by atoms with Crippen LogP contribution in [0.15, 0.2) is 46.8 Å². The molecule has 2 aliphatic rings. The Morgan fingerprint density at radius 1 is 1.24 bits per heavy atom. The molecule has 0 radical (unpaired) electrons. The maximum absolute atomic E-state index is 12.7. The molecule has 0 bridgehead atoms. The number of benzene rings is 1. The molecule has 7 heteroatoms. The number of guanidine groups is 1. The zero-order valence-corrected chi connectivity index (χ0v) is 17.8. The van der Waals surface area contributed by atoms with Gasteiger partial charge in [-0.2, -0.15) is 0 Å². The lowest BCUT2D eigenvalue weighted by atomic mass is 10.1. The van der Waals surface area contributed by atoms with Crippen LogP contribution in [-0.2, 0) is 17.8 Å². The highest BCUT2D eigenvalue weighted by Gasteiger charge is 2.24. The Kier molecular flexibility index (Phi) is 6.34. The molecule has 154 valence electrons. The molecule has 1 saturated heterocycles. The van der Waals surface area contributed by atoms with Crippen molar-refractivity contribution in [3.05, 3.63) is 52.2 Å². The Hall–Kier alpha value is -2.54. The Morgan fingerprint density at radius 2 is 2.10 bits per heavy atom. The second kappa shape index (κ2) is 9.31. The molecule has 1 unspecified atom stereocenters. The molecule has 1 fully saturated rings.